The van der Waals surface area contributed by atoms with Gasteiger partial charge in [-0.15, -0.1) is 36.2 Å². The highest BCUT2D eigenvalue weighted by Gasteiger charge is 2.23. The van der Waals surface area contributed by atoms with E-state index >= 15 is 0 Å². The zero-order valence-corrected chi connectivity index (χ0v) is 17.8. The third-order valence-corrected chi connectivity index (χ3v) is 5.21. The first kappa shape index (κ1) is 24.3. The molecule has 6 nitrogen and oxygen atoms in total. The highest BCUT2D eigenvalue weighted by Crippen LogP contribution is 2.19. The second kappa shape index (κ2) is 11.3. The minimum Gasteiger partial charge on any atom is -0.341 e. The number of nitrogens with one attached hydrogen (secondary N) is 2. The smallest absolute Gasteiger partial charge is 0.260 e. The lowest BCUT2D eigenvalue weighted by Crippen LogP contribution is -2.47. The first-order valence-corrected chi connectivity index (χ1v) is 9.40. The number of likely N-dealkylation sites (N-methyl/N-ethyl adjacent to an activating group) is 1. The van der Waals surface area contributed by atoms with Crippen molar-refractivity contribution in [2.24, 2.45) is 0 Å². The largest absolute Gasteiger partial charge is 0.341 e. The second-order valence-electron chi connectivity index (χ2n) is 6.22. The molecule has 2 amide bonds. The molecule has 28 heavy (non-hydrogen) atoms. The van der Waals surface area contributed by atoms with Crippen LogP contribution in [-0.4, -0.2) is 47.9 Å². The lowest BCUT2D eigenvalue weighted by molar-refractivity contribution is -0.131. The number of rotatable bonds is 5. The third-order valence-electron chi connectivity index (χ3n) is 4.41. The number of hydrogen-bond acceptors (Lipinski definition) is 5. The van der Waals surface area contributed by atoms with Gasteiger partial charge >= 0.3 is 0 Å². The molecule has 1 aliphatic rings. The Morgan fingerprint density at radius 2 is 2.07 bits per heavy atom. The predicted octanol–water partition coefficient (Wildman–Crippen LogP) is 3.13. The summed E-state index contributed by atoms with van der Waals surface area (Å²) in [6.07, 6.45) is 2.25. The number of carbonyl (C=O) groups is 2. The quantitative estimate of drug-likeness (QED) is 0.736. The molecule has 0 spiro atoms. The van der Waals surface area contributed by atoms with E-state index < -0.39 is 11.7 Å². The average Bonchev–Trinajstić information content (AvgIpc) is 3.08. The maximum atomic E-state index is 13.7. The first-order valence-electron chi connectivity index (χ1n) is 8.52. The average molecular weight is 449 g/mol. The normalized spacial score (nSPS) is 15.9. The number of halogens is 3. The molecule has 0 aliphatic carbocycles. The van der Waals surface area contributed by atoms with E-state index in [9.17, 15) is 14.0 Å². The number of carbonyl (C=O) groups excluding carboxylic acids is 2. The maximum absolute atomic E-state index is 13.7. The molecule has 154 valence electrons. The summed E-state index contributed by atoms with van der Waals surface area (Å²) in [5.74, 6) is -1.11. The fourth-order valence-corrected chi connectivity index (χ4v) is 3.67. The molecule has 10 heteroatoms. The molecule has 0 saturated carbocycles. The standard InChI is InChI=1S/C18H21FN4O2S.2ClH/c1-20-12-5-4-8-23(10-12)16(24)9-13-11-26-18(21-13)22-17(25)14-6-2-3-7-15(14)19;;/h2-3,6-7,11-12,20H,4-5,8-10H2,1H3,(H,21,22,25);2*1H. The van der Waals surface area contributed by atoms with Gasteiger partial charge in [-0.3, -0.25) is 14.9 Å². The van der Waals surface area contributed by atoms with Crippen LogP contribution in [-0.2, 0) is 11.2 Å². The second-order valence-corrected chi connectivity index (χ2v) is 7.08. The number of thiazole rings is 1. The summed E-state index contributed by atoms with van der Waals surface area (Å²) < 4.78 is 13.7. The predicted molar refractivity (Wildman–Crippen MR) is 113 cm³/mol. The van der Waals surface area contributed by atoms with Gasteiger partial charge in [0.1, 0.15) is 5.82 Å². The van der Waals surface area contributed by atoms with E-state index in [1.54, 1.807) is 11.4 Å². The number of piperidine rings is 1. The number of aromatic nitrogens is 1. The Labute approximate surface area is 179 Å². The van der Waals surface area contributed by atoms with Crippen molar-refractivity contribution in [3.8, 4) is 0 Å². The molecule has 1 aromatic carbocycles. The number of anilines is 1. The van der Waals surface area contributed by atoms with Crippen LogP contribution in [0.15, 0.2) is 29.6 Å². The van der Waals surface area contributed by atoms with Gasteiger partial charge in [0, 0.05) is 24.5 Å². The molecule has 3 rings (SSSR count). The highest BCUT2D eigenvalue weighted by atomic mass is 35.5. The van der Waals surface area contributed by atoms with E-state index in [1.807, 2.05) is 11.9 Å². The van der Waals surface area contributed by atoms with E-state index in [0.29, 0.717) is 23.4 Å². The minimum atomic E-state index is -0.582. The van der Waals surface area contributed by atoms with Crippen molar-refractivity contribution >= 4 is 53.1 Å². The van der Waals surface area contributed by atoms with E-state index in [1.165, 1.54) is 29.5 Å². The number of amides is 2. The van der Waals surface area contributed by atoms with Crippen molar-refractivity contribution in [2.45, 2.75) is 25.3 Å². The topological polar surface area (TPSA) is 74.3 Å². The van der Waals surface area contributed by atoms with E-state index in [-0.39, 0.29) is 42.7 Å². The molecule has 0 radical (unpaired) electrons. The van der Waals surface area contributed by atoms with Gasteiger partial charge in [-0.05, 0) is 32.0 Å². The molecule has 2 heterocycles. The molecule has 1 aromatic heterocycles. The lowest BCUT2D eigenvalue weighted by Gasteiger charge is -2.32. The Hall–Kier alpha value is -1.74. The summed E-state index contributed by atoms with van der Waals surface area (Å²) in [7, 11) is 1.91. The van der Waals surface area contributed by atoms with Crippen molar-refractivity contribution in [1.82, 2.24) is 15.2 Å². The van der Waals surface area contributed by atoms with Crippen LogP contribution >= 0.6 is 36.2 Å². The fraction of sp³-hybridized carbons (Fsp3) is 0.389. The van der Waals surface area contributed by atoms with Gasteiger partial charge in [-0.2, -0.15) is 0 Å². The molecular formula is C18H23Cl2FN4O2S. The third kappa shape index (κ3) is 6.13. The zero-order valence-electron chi connectivity index (χ0n) is 15.3. The van der Waals surface area contributed by atoms with Gasteiger partial charge in [0.05, 0.1) is 17.7 Å². The van der Waals surface area contributed by atoms with Crippen LogP contribution in [0.4, 0.5) is 9.52 Å². The van der Waals surface area contributed by atoms with Crippen molar-refractivity contribution in [3.63, 3.8) is 0 Å². The van der Waals surface area contributed by atoms with Crippen LogP contribution in [0.2, 0.25) is 0 Å². The van der Waals surface area contributed by atoms with Gasteiger partial charge in [-0.1, -0.05) is 12.1 Å². The summed E-state index contributed by atoms with van der Waals surface area (Å²) in [4.78, 5) is 30.7. The fourth-order valence-electron chi connectivity index (χ4n) is 2.96. The van der Waals surface area contributed by atoms with Crippen LogP contribution in [0, 0.1) is 5.82 Å². The van der Waals surface area contributed by atoms with Crippen molar-refractivity contribution in [1.29, 1.82) is 0 Å². The molecule has 1 unspecified atom stereocenters. The molecular weight excluding hydrogens is 426 g/mol. The molecule has 2 N–H and O–H groups in total. The van der Waals surface area contributed by atoms with Crippen molar-refractivity contribution < 1.29 is 14.0 Å². The number of benzene rings is 1. The number of nitrogens with zero attached hydrogens (tertiary/aromatic N) is 2. The number of likely N-dealkylation sites (tertiary alicyclic amines) is 1. The Bertz CT molecular complexity index is 805. The Morgan fingerprint density at radius 1 is 1.32 bits per heavy atom. The van der Waals surface area contributed by atoms with Gasteiger partial charge in [0.15, 0.2) is 5.13 Å². The summed E-state index contributed by atoms with van der Waals surface area (Å²) in [5, 5.41) is 7.89. The molecule has 0 bridgehead atoms. The summed E-state index contributed by atoms with van der Waals surface area (Å²) in [6.45, 7) is 1.47. The minimum absolute atomic E-state index is 0. The SMILES string of the molecule is CNC1CCCN(C(=O)Cc2csc(NC(=O)c3ccccc3F)n2)C1.Cl.Cl. The van der Waals surface area contributed by atoms with Gasteiger partial charge in [-0.25, -0.2) is 9.37 Å². The molecule has 1 aliphatic heterocycles. The summed E-state index contributed by atoms with van der Waals surface area (Å²) in [6, 6.07) is 6.10. The van der Waals surface area contributed by atoms with Gasteiger partial charge in [0.25, 0.3) is 5.91 Å². The van der Waals surface area contributed by atoms with Crippen molar-refractivity contribution in [2.75, 3.05) is 25.5 Å². The van der Waals surface area contributed by atoms with Gasteiger partial charge in [0.2, 0.25) is 5.91 Å². The number of hydrogen-bond donors (Lipinski definition) is 2. The summed E-state index contributed by atoms with van der Waals surface area (Å²) in [5.41, 5.74) is 0.571. The Kier molecular flexibility index (Phi) is 9.81. The van der Waals surface area contributed by atoms with E-state index in [0.717, 1.165) is 19.4 Å². The molecule has 2 aromatic rings. The Morgan fingerprint density at radius 3 is 2.79 bits per heavy atom. The maximum Gasteiger partial charge on any atom is 0.260 e. The summed E-state index contributed by atoms with van der Waals surface area (Å²) >= 11 is 1.22. The van der Waals surface area contributed by atoms with E-state index in [4.69, 9.17) is 0 Å². The molecule has 1 fully saturated rings. The Balaban J connectivity index is 0.00000196. The first-order chi connectivity index (χ1) is 12.6. The van der Waals surface area contributed by atoms with E-state index in [2.05, 4.69) is 15.6 Å². The van der Waals surface area contributed by atoms with Crippen LogP contribution in [0.5, 0.6) is 0 Å². The van der Waals surface area contributed by atoms with Crippen LogP contribution in [0.3, 0.4) is 0 Å². The van der Waals surface area contributed by atoms with Gasteiger partial charge < -0.3 is 10.2 Å². The molecule has 1 atom stereocenters. The monoisotopic (exact) mass is 448 g/mol. The van der Waals surface area contributed by atoms with Crippen LogP contribution < -0.4 is 10.6 Å². The zero-order chi connectivity index (χ0) is 18.5. The molecule has 1 saturated heterocycles. The van der Waals surface area contributed by atoms with Crippen LogP contribution in [0.25, 0.3) is 0 Å². The van der Waals surface area contributed by atoms with Crippen LogP contribution in [0.1, 0.15) is 28.9 Å². The highest BCUT2D eigenvalue weighted by molar-refractivity contribution is 7.14. The van der Waals surface area contributed by atoms with Crippen molar-refractivity contribution in [3.05, 3.63) is 46.7 Å². The lowest BCUT2D eigenvalue weighted by atomic mass is 10.1.